The Bertz CT molecular complexity index is 743. The average molecular weight is 348 g/mol. The maximum absolute atomic E-state index is 13.2. The lowest BCUT2D eigenvalue weighted by molar-refractivity contribution is -0.123. The number of benzene rings is 1. The highest BCUT2D eigenvalue weighted by Crippen LogP contribution is 2.25. The quantitative estimate of drug-likeness (QED) is 0.873. The van der Waals surface area contributed by atoms with Crippen molar-refractivity contribution in [3.63, 3.8) is 0 Å². The molecule has 3 rings (SSSR count). The molecule has 1 aliphatic heterocycles. The van der Waals surface area contributed by atoms with Gasteiger partial charge in [-0.15, -0.1) is 0 Å². The van der Waals surface area contributed by atoms with Gasteiger partial charge in [0, 0.05) is 24.7 Å². The van der Waals surface area contributed by atoms with Gasteiger partial charge < -0.3 is 5.32 Å². The zero-order valence-electron chi connectivity index (χ0n) is 14.3. The van der Waals surface area contributed by atoms with E-state index in [2.05, 4.69) is 15.7 Å². The number of halogens is 2. The predicted molar refractivity (Wildman–Crippen MR) is 90.9 cm³/mol. The summed E-state index contributed by atoms with van der Waals surface area (Å²) in [5.41, 5.74) is 2.70. The minimum absolute atomic E-state index is 0.186. The number of hydrogen-bond acceptors (Lipinski definition) is 3. The monoisotopic (exact) mass is 348 g/mol. The molecule has 1 atom stereocenters. The SMILES string of the molecule is CC(C)c1nn(-c2ccccc2)cc1CNC(=O)C1CC(F)(F)CN1. The van der Waals surface area contributed by atoms with Crippen LogP contribution in [0.4, 0.5) is 8.78 Å². The normalized spacial score (nSPS) is 19.3. The molecule has 1 aromatic heterocycles. The lowest BCUT2D eigenvalue weighted by Gasteiger charge is -2.11. The van der Waals surface area contributed by atoms with Crippen LogP contribution < -0.4 is 10.6 Å². The van der Waals surface area contributed by atoms with E-state index in [1.165, 1.54) is 0 Å². The molecule has 0 radical (unpaired) electrons. The molecule has 1 aliphatic rings. The van der Waals surface area contributed by atoms with Gasteiger partial charge >= 0.3 is 0 Å². The summed E-state index contributed by atoms with van der Waals surface area (Å²) in [6.07, 6.45) is 1.42. The average Bonchev–Trinajstić information content (AvgIpc) is 3.17. The van der Waals surface area contributed by atoms with Crippen LogP contribution in [0.2, 0.25) is 0 Å². The second-order valence-electron chi connectivity index (χ2n) is 6.69. The van der Waals surface area contributed by atoms with Gasteiger partial charge in [0.05, 0.1) is 24.0 Å². The molecular formula is C18H22F2N4O. The molecule has 0 spiro atoms. The minimum atomic E-state index is -2.82. The Hall–Kier alpha value is -2.28. The maximum Gasteiger partial charge on any atom is 0.262 e. The summed E-state index contributed by atoms with van der Waals surface area (Å²) in [4.78, 5) is 12.1. The van der Waals surface area contributed by atoms with Crippen LogP contribution in [0, 0.1) is 0 Å². The van der Waals surface area contributed by atoms with Crippen LogP contribution in [-0.2, 0) is 11.3 Å². The molecule has 2 heterocycles. The number of carbonyl (C=O) groups excluding carboxylic acids is 1. The molecular weight excluding hydrogens is 326 g/mol. The van der Waals surface area contributed by atoms with Crippen molar-refractivity contribution in [2.24, 2.45) is 0 Å². The Morgan fingerprint density at radius 3 is 2.72 bits per heavy atom. The second-order valence-corrected chi connectivity index (χ2v) is 6.69. The van der Waals surface area contributed by atoms with E-state index in [1.807, 2.05) is 50.4 Å². The molecule has 0 bridgehead atoms. The van der Waals surface area contributed by atoms with E-state index in [4.69, 9.17) is 0 Å². The molecule has 1 saturated heterocycles. The number of nitrogens with one attached hydrogen (secondary N) is 2. The summed E-state index contributed by atoms with van der Waals surface area (Å²) in [5.74, 6) is -3.03. The molecule has 134 valence electrons. The van der Waals surface area contributed by atoms with Crippen LogP contribution in [-0.4, -0.2) is 34.2 Å². The fraction of sp³-hybridized carbons (Fsp3) is 0.444. The predicted octanol–water partition coefficient (Wildman–Crippen LogP) is 2.61. The Morgan fingerprint density at radius 2 is 2.12 bits per heavy atom. The zero-order valence-corrected chi connectivity index (χ0v) is 14.3. The van der Waals surface area contributed by atoms with Gasteiger partial charge in [-0.25, -0.2) is 13.5 Å². The summed E-state index contributed by atoms with van der Waals surface area (Å²) in [7, 11) is 0. The minimum Gasteiger partial charge on any atom is -0.351 e. The standard InChI is InChI=1S/C18H22F2N4O/c1-12(2)16-13(10-24(23-16)14-6-4-3-5-7-14)9-21-17(25)15-8-18(19,20)11-22-15/h3-7,10,12,15,22H,8-9,11H2,1-2H3,(H,21,25). The highest BCUT2D eigenvalue weighted by molar-refractivity contribution is 5.82. The van der Waals surface area contributed by atoms with Crippen LogP contribution in [0.1, 0.15) is 37.4 Å². The van der Waals surface area contributed by atoms with Crippen LogP contribution >= 0.6 is 0 Å². The molecule has 2 aromatic rings. The van der Waals surface area contributed by atoms with Crippen LogP contribution in [0.25, 0.3) is 5.69 Å². The highest BCUT2D eigenvalue weighted by atomic mass is 19.3. The summed E-state index contributed by atoms with van der Waals surface area (Å²) in [6.45, 7) is 3.88. The number of carbonyl (C=O) groups is 1. The lowest BCUT2D eigenvalue weighted by atomic mass is 10.1. The van der Waals surface area contributed by atoms with E-state index in [9.17, 15) is 13.6 Å². The molecule has 7 heteroatoms. The molecule has 25 heavy (non-hydrogen) atoms. The first-order valence-electron chi connectivity index (χ1n) is 8.38. The molecule has 0 saturated carbocycles. The largest absolute Gasteiger partial charge is 0.351 e. The Labute approximate surface area is 145 Å². The molecule has 5 nitrogen and oxygen atoms in total. The van der Waals surface area contributed by atoms with E-state index < -0.39 is 30.8 Å². The zero-order chi connectivity index (χ0) is 18.0. The van der Waals surface area contributed by atoms with Crippen molar-refractivity contribution in [3.8, 4) is 5.69 Å². The number of nitrogens with zero attached hydrogens (tertiary/aromatic N) is 2. The van der Waals surface area contributed by atoms with Gasteiger partial charge in [-0.2, -0.15) is 5.10 Å². The van der Waals surface area contributed by atoms with E-state index in [1.54, 1.807) is 4.68 Å². The fourth-order valence-corrected chi connectivity index (χ4v) is 2.96. The van der Waals surface area contributed by atoms with Crippen molar-refractivity contribution < 1.29 is 13.6 Å². The summed E-state index contributed by atoms with van der Waals surface area (Å²) in [5, 5.41) is 9.93. The van der Waals surface area contributed by atoms with Gasteiger partial charge in [-0.1, -0.05) is 32.0 Å². The fourth-order valence-electron chi connectivity index (χ4n) is 2.96. The first kappa shape index (κ1) is 17.5. The molecule has 1 fully saturated rings. The molecule has 2 N–H and O–H groups in total. The highest BCUT2D eigenvalue weighted by Gasteiger charge is 2.42. The third-order valence-corrected chi connectivity index (χ3v) is 4.27. The first-order valence-corrected chi connectivity index (χ1v) is 8.38. The van der Waals surface area contributed by atoms with E-state index in [0.29, 0.717) is 0 Å². The number of aromatic nitrogens is 2. The van der Waals surface area contributed by atoms with Gasteiger partial charge in [0.25, 0.3) is 5.92 Å². The number of rotatable bonds is 5. The van der Waals surface area contributed by atoms with Crippen molar-refractivity contribution in [2.45, 2.75) is 44.7 Å². The van der Waals surface area contributed by atoms with Crippen molar-refractivity contribution in [3.05, 3.63) is 47.8 Å². The third-order valence-electron chi connectivity index (χ3n) is 4.27. The van der Waals surface area contributed by atoms with Gasteiger partial charge in [-0.3, -0.25) is 10.1 Å². The summed E-state index contributed by atoms with van der Waals surface area (Å²) < 4.78 is 28.2. The van der Waals surface area contributed by atoms with Crippen LogP contribution in [0.3, 0.4) is 0 Å². The number of hydrogen-bond donors (Lipinski definition) is 2. The molecule has 1 aromatic carbocycles. The topological polar surface area (TPSA) is 59.0 Å². The third kappa shape index (κ3) is 4.04. The van der Waals surface area contributed by atoms with Crippen molar-refractivity contribution in [1.29, 1.82) is 0 Å². The lowest BCUT2D eigenvalue weighted by Crippen LogP contribution is -2.40. The van der Waals surface area contributed by atoms with Gasteiger partial charge in [0.15, 0.2) is 0 Å². The molecule has 1 amide bonds. The van der Waals surface area contributed by atoms with Gasteiger partial charge in [0.2, 0.25) is 5.91 Å². The summed E-state index contributed by atoms with van der Waals surface area (Å²) in [6, 6.07) is 8.84. The van der Waals surface area contributed by atoms with Crippen molar-refractivity contribution in [1.82, 2.24) is 20.4 Å². The molecule has 1 unspecified atom stereocenters. The smallest absolute Gasteiger partial charge is 0.262 e. The summed E-state index contributed by atoms with van der Waals surface area (Å²) >= 11 is 0. The Kier molecular flexibility index (Phi) is 4.85. The number of amides is 1. The van der Waals surface area contributed by atoms with Crippen LogP contribution in [0.5, 0.6) is 0 Å². The second kappa shape index (κ2) is 6.92. The van der Waals surface area contributed by atoms with E-state index in [0.717, 1.165) is 16.9 Å². The van der Waals surface area contributed by atoms with E-state index in [-0.39, 0.29) is 12.5 Å². The first-order chi connectivity index (χ1) is 11.9. The Balaban J connectivity index is 1.71. The number of alkyl halides is 2. The van der Waals surface area contributed by atoms with E-state index >= 15 is 0 Å². The molecule has 0 aliphatic carbocycles. The Morgan fingerprint density at radius 1 is 1.40 bits per heavy atom. The van der Waals surface area contributed by atoms with Crippen molar-refractivity contribution >= 4 is 5.91 Å². The van der Waals surface area contributed by atoms with Crippen LogP contribution in [0.15, 0.2) is 36.5 Å². The van der Waals surface area contributed by atoms with Crippen molar-refractivity contribution in [2.75, 3.05) is 6.54 Å². The van der Waals surface area contributed by atoms with Gasteiger partial charge in [0.1, 0.15) is 0 Å². The maximum atomic E-state index is 13.2. The number of para-hydroxylation sites is 1. The van der Waals surface area contributed by atoms with Gasteiger partial charge in [-0.05, 0) is 18.1 Å².